The summed E-state index contributed by atoms with van der Waals surface area (Å²) >= 11 is 0. The van der Waals surface area contributed by atoms with Crippen molar-refractivity contribution in [2.75, 3.05) is 11.9 Å². The summed E-state index contributed by atoms with van der Waals surface area (Å²) in [5, 5.41) is 7.50. The number of aromatic amines is 1. The number of hydrogen-bond donors (Lipinski definition) is 3. The van der Waals surface area contributed by atoms with Crippen molar-refractivity contribution >= 4 is 22.4 Å². The van der Waals surface area contributed by atoms with Crippen LogP contribution in [0.5, 0.6) is 0 Å². The number of nitrogens with zero attached hydrogens (tertiary/aromatic N) is 3. The Morgan fingerprint density at radius 1 is 1.23 bits per heavy atom. The van der Waals surface area contributed by atoms with Crippen LogP contribution in [0.2, 0.25) is 0 Å². The summed E-state index contributed by atoms with van der Waals surface area (Å²) in [5.74, 6) is 0.352. The summed E-state index contributed by atoms with van der Waals surface area (Å²) in [7, 11) is 0. The van der Waals surface area contributed by atoms with E-state index in [0.717, 1.165) is 22.8 Å². The molecule has 0 spiro atoms. The standard InChI is InChI=1S/C22H23F3N6/c1-21(2)8-7-13(11-28-21)29-19-20-26-9-10-31(20)18(22(23,24)25)17(30-19)15-12-27-16-6-4-3-5-14(15)16/h3-6,9-10,12-13,27-28H,7-8,11H2,1-2H3,(H,29,30)/t13-/m0/s1. The summed E-state index contributed by atoms with van der Waals surface area (Å²) in [6, 6.07) is 7.31. The first-order valence-electron chi connectivity index (χ1n) is 10.3. The summed E-state index contributed by atoms with van der Waals surface area (Å²) < 4.78 is 43.7. The molecule has 1 atom stereocenters. The first kappa shape index (κ1) is 19.9. The molecule has 1 fully saturated rings. The Bertz CT molecular complexity index is 1240. The van der Waals surface area contributed by atoms with Gasteiger partial charge in [0.15, 0.2) is 17.2 Å². The summed E-state index contributed by atoms with van der Waals surface area (Å²) in [5.41, 5.74) is 0.417. The highest BCUT2D eigenvalue weighted by Gasteiger charge is 2.39. The average molecular weight is 428 g/mol. The highest BCUT2D eigenvalue weighted by Crippen LogP contribution is 2.40. The van der Waals surface area contributed by atoms with E-state index in [1.54, 1.807) is 18.3 Å². The molecule has 0 unspecified atom stereocenters. The first-order chi connectivity index (χ1) is 14.7. The molecule has 4 aromatic rings. The summed E-state index contributed by atoms with van der Waals surface area (Å²) in [6.45, 7) is 4.98. The molecule has 0 radical (unpaired) electrons. The highest BCUT2D eigenvalue weighted by molar-refractivity contribution is 5.95. The van der Waals surface area contributed by atoms with Gasteiger partial charge in [0, 0.05) is 53.2 Å². The molecule has 0 bridgehead atoms. The number of rotatable bonds is 3. The third-order valence-electron chi connectivity index (χ3n) is 5.94. The van der Waals surface area contributed by atoms with E-state index in [1.807, 2.05) is 12.1 Å². The number of fused-ring (bicyclic) bond motifs is 2. The largest absolute Gasteiger partial charge is 0.433 e. The van der Waals surface area contributed by atoms with E-state index in [0.29, 0.717) is 23.3 Å². The normalized spacial score (nSPS) is 19.2. The Labute approximate surface area is 176 Å². The highest BCUT2D eigenvalue weighted by atomic mass is 19.4. The van der Waals surface area contributed by atoms with Gasteiger partial charge in [-0.05, 0) is 32.8 Å². The number of nitrogens with one attached hydrogen (secondary N) is 3. The average Bonchev–Trinajstić information content (AvgIpc) is 3.35. The van der Waals surface area contributed by atoms with Crippen LogP contribution in [0.1, 0.15) is 32.4 Å². The van der Waals surface area contributed by atoms with E-state index in [1.165, 1.54) is 12.4 Å². The van der Waals surface area contributed by atoms with Crippen molar-refractivity contribution in [3.05, 3.63) is 48.5 Å². The Morgan fingerprint density at radius 2 is 2.03 bits per heavy atom. The predicted molar refractivity (Wildman–Crippen MR) is 114 cm³/mol. The van der Waals surface area contributed by atoms with Crippen molar-refractivity contribution in [3.8, 4) is 11.3 Å². The first-order valence-corrected chi connectivity index (χ1v) is 10.3. The number of imidazole rings is 1. The van der Waals surface area contributed by atoms with Crippen LogP contribution in [0, 0.1) is 0 Å². The minimum absolute atomic E-state index is 0.0452. The second-order valence-electron chi connectivity index (χ2n) is 8.67. The number of benzene rings is 1. The summed E-state index contributed by atoms with van der Waals surface area (Å²) in [4.78, 5) is 11.7. The quantitative estimate of drug-likeness (QED) is 0.437. The zero-order valence-electron chi connectivity index (χ0n) is 17.2. The van der Waals surface area contributed by atoms with Crippen LogP contribution in [0.15, 0.2) is 42.9 Å². The number of H-pyrrole nitrogens is 1. The Kier molecular flexibility index (Phi) is 4.47. The fourth-order valence-electron chi connectivity index (χ4n) is 4.25. The number of aromatic nitrogens is 4. The lowest BCUT2D eigenvalue weighted by molar-refractivity contribution is -0.141. The Balaban J connectivity index is 1.67. The van der Waals surface area contributed by atoms with Crippen molar-refractivity contribution < 1.29 is 13.2 Å². The monoisotopic (exact) mass is 428 g/mol. The second kappa shape index (κ2) is 6.98. The molecule has 0 amide bonds. The van der Waals surface area contributed by atoms with Gasteiger partial charge in [0.25, 0.3) is 0 Å². The van der Waals surface area contributed by atoms with E-state index in [9.17, 15) is 13.2 Å². The number of hydrogen-bond acceptors (Lipinski definition) is 4. The van der Waals surface area contributed by atoms with E-state index in [2.05, 4.69) is 39.4 Å². The predicted octanol–water partition coefficient (Wildman–Crippen LogP) is 4.84. The Morgan fingerprint density at radius 3 is 2.77 bits per heavy atom. The minimum Gasteiger partial charge on any atom is -0.363 e. The third-order valence-corrected chi connectivity index (χ3v) is 5.94. The summed E-state index contributed by atoms with van der Waals surface area (Å²) in [6.07, 6.45) is 1.53. The van der Waals surface area contributed by atoms with Gasteiger partial charge in [-0.1, -0.05) is 18.2 Å². The maximum absolute atomic E-state index is 14.2. The van der Waals surface area contributed by atoms with Gasteiger partial charge in [-0.15, -0.1) is 0 Å². The zero-order valence-corrected chi connectivity index (χ0v) is 17.2. The van der Waals surface area contributed by atoms with Crippen LogP contribution < -0.4 is 10.6 Å². The van der Waals surface area contributed by atoms with Gasteiger partial charge in [-0.25, -0.2) is 9.97 Å². The third kappa shape index (κ3) is 3.52. The molecule has 6 nitrogen and oxygen atoms in total. The molecule has 31 heavy (non-hydrogen) atoms. The minimum atomic E-state index is -4.60. The lowest BCUT2D eigenvalue weighted by Gasteiger charge is -2.36. The van der Waals surface area contributed by atoms with Gasteiger partial charge in [0.05, 0.1) is 0 Å². The zero-order chi connectivity index (χ0) is 21.8. The molecule has 0 aliphatic carbocycles. The fourth-order valence-corrected chi connectivity index (χ4v) is 4.25. The smallest absolute Gasteiger partial charge is 0.363 e. The van der Waals surface area contributed by atoms with Crippen LogP contribution in [-0.4, -0.2) is 37.5 Å². The van der Waals surface area contributed by atoms with E-state index in [-0.39, 0.29) is 22.9 Å². The second-order valence-corrected chi connectivity index (χ2v) is 8.67. The fraction of sp³-hybridized carbons (Fsp3) is 0.364. The van der Waals surface area contributed by atoms with Gasteiger partial charge < -0.3 is 15.6 Å². The molecule has 5 rings (SSSR count). The number of para-hydroxylation sites is 1. The van der Waals surface area contributed by atoms with Crippen LogP contribution in [0.4, 0.5) is 19.0 Å². The van der Waals surface area contributed by atoms with Crippen LogP contribution in [0.25, 0.3) is 27.8 Å². The van der Waals surface area contributed by atoms with Gasteiger partial charge in [0.2, 0.25) is 0 Å². The van der Waals surface area contributed by atoms with Crippen LogP contribution in [0.3, 0.4) is 0 Å². The van der Waals surface area contributed by atoms with Crippen molar-refractivity contribution in [2.45, 2.75) is 44.4 Å². The van der Waals surface area contributed by atoms with Gasteiger partial charge in [-0.3, -0.25) is 4.40 Å². The van der Waals surface area contributed by atoms with Gasteiger partial charge >= 0.3 is 6.18 Å². The van der Waals surface area contributed by atoms with E-state index in [4.69, 9.17) is 0 Å². The molecule has 1 aliphatic heterocycles. The molecule has 1 aromatic carbocycles. The number of anilines is 1. The molecule has 3 N–H and O–H groups in total. The van der Waals surface area contributed by atoms with Crippen LogP contribution >= 0.6 is 0 Å². The van der Waals surface area contributed by atoms with Crippen molar-refractivity contribution in [2.24, 2.45) is 0 Å². The molecule has 162 valence electrons. The lowest BCUT2D eigenvalue weighted by atomic mass is 9.91. The molecule has 0 saturated carbocycles. The van der Waals surface area contributed by atoms with Crippen molar-refractivity contribution in [3.63, 3.8) is 0 Å². The number of piperidine rings is 1. The maximum Gasteiger partial charge on any atom is 0.433 e. The topological polar surface area (TPSA) is 70.0 Å². The van der Waals surface area contributed by atoms with Gasteiger partial charge in [0.1, 0.15) is 5.69 Å². The van der Waals surface area contributed by atoms with E-state index < -0.39 is 11.9 Å². The molecular weight excluding hydrogens is 405 g/mol. The Hall–Kier alpha value is -3.07. The lowest BCUT2D eigenvalue weighted by Crippen LogP contribution is -2.50. The number of alkyl halides is 3. The molecule has 1 saturated heterocycles. The molecule has 9 heteroatoms. The SMILES string of the molecule is CC1(C)CC[C@H](Nc2nc(-c3c[nH]c4ccccc34)c(C(F)(F)F)n3ccnc23)CN1. The van der Waals surface area contributed by atoms with Gasteiger partial charge in [-0.2, -0.15) is 13.2 Å². The molecular formula is C22H23F3N6. The van der Waals surface area contributed by atoms with Crippen molar-refractivity contribution in [1.82, 2.24) is 24.7 Å². The molecule has 3 aromatic heterocycles. The van der Waals surface area contributed by atoms with Crippen LogP contribution in [-0.2, 0) is 6.18 Å². The van der Waals surface area contributed by atoms with E-state index >= 15 is 0 Å². The molecule has 1 aliphatic rings. The number of halogens is 3. The molecule has 4 heterocycles. The maximum atomic E-state index is 14.2. The van der Waals surface area contributed by atoms with Crippen molar-refractivity contribution in [1.29, 1.82) is 0 Å².